The van der Waals surface area contributed by atoms with Gasteiger partial charge in [0.15, 0.2) is 0 Å². The molecule has 0 radical (unpaired) electrons. The zero-order valence-electron chi connectivity index (χ0n) is 16.7. The van der Waals surface area contributed by atoms with E-state index in [1.165, 1.54) is 4.90 Å². The maximum Gasteiger partial charge on any atom is 0.250 e. The molecule has 0 unspecified atom stereocenters. The molecule has 4 atom stereocenters. The fourth-order valence-electron chi connectivity index (χ4n) is 6.24. The summed E-state index contributed by atoms with van der Waals surface area (Å²) in [7, 11) is 0. The Kier molecular flexibility index (Phi) is 3.93. The van der Waals surface area contributed by atoms with Crippen LogP contribution in [0.25, 0.3) is 0 Å². The zero-order valence-corrected chi connectivity index (χ0v) is 18.2. The Morgan fingerprint density at radius 1 is 1.03 bits per heavy atom. The first kappa shape index (κ1) is 19.3. The normalized spacial score (nSPS) is 31.4. The maximum atomic E-state index is 13.8. The van der Waals surface area contributed by atoms with Crippen LogP contribution >= 0.6 is 23.2 Å². The van der Waals surface area contributed by atoms with Crippen molar-refractivity contribution in [2.75, 3.05) is 16.8 Å². The molecule has 0 bridgehead atoms. The minimum absolute atomic E-state index is 0.147. The molecule has 1 spiro atoms. The number of halogens is 2. The standard InChI is InChI=1S/C23H19Cl2N3O3/c1-11-15(25)9-8-14-19(11)26-22(31)23(14)18-17(16-3-2-10-27(16)23)20(29)28(21(18)30)13-6-4-12(24)5-7-13/h4-9,16-18H,2-3,10H2,1H3,(H,26,31)/t16-,17+,18-,23+/m0/s1. The molecule has 0 aromatic heterocycles. The maximum absolute atomic E-state index is 13.8. The molecule has 4 aliphatic heterocycles. The number of hydrogen-bond acceptors (Lipinski definition) is 4. The van der Waals surface area contributed by atoms with E-state index in [-0.39, 0.29) is 23.8 Å². The Labute approximate surface area is 189 Å². The number of amides is 3. The number of fused-ring (bicyclic) bond motifs is 7. The molecule has 0 aliphatic carbocycles. The van der Waals surface area contributed by atoms with Gasteiger partial charge in [0.1, 0.15) is 5.54 Å². The van der Waals surface area contributed by atoms with Crippen LogP contribution < -0.4 is 10.2 Å². The van der Waals surface area contributed by atoms with Gasteiger partial charge in [-0.25, -0.2) is 4.90 Å². The molecule has 4 heterocycles. The second-order valence-corrected chi connectivity index (χ2v) is 9.55. The van der Waals surface area contributed by atoms with Gasteiger partial charge >= 0.3 is 0 Å². The largest absolute Gasteiger partial charge is 0.324 e. The summed E-state index contributed by atoms with van der Waals surface area (Å²) in [5.74, 6) is -2.15. The molecule has 2 aromatic rings. The first-order chi connectivity index (χ1) is 14.9. The van der Waals surface area contributed by atoms with E-state index in [2.05, 4.69) is 10.2 Å². The Balaban J connectivity index is 1.56. The van der Waals surface area contributed by atoms with Crippen LogP contribution in [0, 0.1) is 18.8 Å². The first-order valence-corrected chi connectivity index (χ1v) is 11.1. The fraction of sp³-hybridized carbons (Fsp3) is 0.348. The number of anilines is 2. The molecule has 3 amide bonds. The average molecular weight is 456 g/mol. The summed E-state index contributed by atoms with van der Waals surface area (Å²) < 4.78 is 0. The third-order valence-electron chi connectivity index (χ3n) is 7.45. The summed E-state index contributed by atoms with van der Waals surface area (Å²) in [4.78, 5) is 44.4. The van der Waals surface area contributed by atoms with E-state index < -0.39 is 17.4 Å². The number of rotatable bonds is 1. The second kappa shape index (κ2) is 6.31. The summed E-state index contributed by atoms with van der Waals surface area (Å²) in [5.41, 5.74) is 1.48. The molecule has 31 heavy (non-hydrogen) atoms. The lowest BCUT2D eigenvalue weighted by Crippen LogP contribution is -2.54. The fourth-order valence-corrected chi connectivity index (χ4v) is 6.52. The van der Waals surface area contributed by atoms with Crippen molar-refractivity contribution in [3.8, 4) is 0 Å². The van der Waals surface area contributed by atoms with Crippen molar-refractivity contribution in [1.82, 2.24) is 4.90 Å². The summed E-state index contributed by atoms with van der Waals surface area (Å²) in [6.07, 6.45) is 1.67. The van der Waals surface area contributed by atoms with E-state index in [0.717, 1.165) is 24.0 Å². The Bertz CT molecular complexity index is 1180. The number of carbonyl (C=O) groups excluding carboxylic acids is 3. The molecule has 8 heteroatoms. The van der Waals surface area contributed by atoms with Crippen LogP contribution in [-0.2, 0) is 19.9 Å². The molecule has 4 aliphatic rings. The summed E-state index contributed by atoms with van der Waals surface area (Å²) in [6, 6.07) is 10.1. The lowest BCUT2D eigenvalue weighted by atomic mass is 9.75. The van der Waals surface area contributed by atoms with Crippen LogP contribution in [0.5, 0.6) is 0 Å². The van der Waals surface area contributed by atoms with Crippen molar-refractivity contribution >= 4 is 52.3 Å². The van der Waals surface area contributed by atoms with E-state index in [1.54, 1.807) is 30.3 Å². The lowest BCUT2D eigenvalue weighted by Gasteiger charge is -2.36. The summed E-state index contributed by atoms with van der Waals surface area (Å²) >= 11 is 12.3. The number of hydrogen-bond donors (Lipinski definition) is 1. The Morgan fingerprint density at radius 2 is 1.77 bits per heavy atom. The molecular weight excluding hydrogens is 437 g/mol. The number of nitrogens with one attached hydrogen (secondary N) is 1. The molecule has 3 fully saturated rings. The van der Waals surface area contributed by atoms with Gasteiger partial charge in [-0.3, -0.25) is 19.3 Å². The zero-order chi connectivity index (χ0) is 21.7. The van der Waals surface area contributed by atoms with E-state index in [0.29, 0.717) is 28.0 Å². The van der Waals surface area contributed by atoms with Crippen LogP contribution in [0.4, 0.5) is 11.4 Å². The smallest absolute Gasteiger partial charge is 0.250 e. The highest BCUT2D eigenvalue weighted by Gasteiger charge is 2.74. The van der Waals surface area contributed by atoms with Gasteiger partial charge in [-0.1, -0.05) is 29.3 Å². The van der Waals surface area contributed by atoms with Gasteiger partial charge in [0.2, 0.25) is 17.7 Å². The van der Waals surface area contributed by atoms with Crippen LogP contribution in [0.1, 0.15) is 24.0 Å². The van der Waals surface area contributed by atoms with Gasteiger partial charge < -0.3 is 5.32 Å². The highest BCUT2D eigenvalue weighted by Crippen LogP contribution is 2.61. The topological polar surface area (TPSA) is 69.7 Å². The predicted molar refractivity (Wildman–Crippen MR) is 117 cm³/mol. The van der Waals surface area contributed by atoms with Crippen LogP contribution in [0.3, 0.4) is 0 Å². The minimum Gasteiger partial charge on any atom is -0.324 e. The van der Waals surface area contributed by atoms with Crippen molar-refractivity contribution in [3.05, 3.63) is 57.6 Å². The van der Waals surface area contributed by atoms with E-state index in [9.17, 15) is 14.4 Å². The van der Waals surface area contributed by atoms with Gasteiger partial charge in [-0.15, -0.1) is 0 Å². The Morgan fingerprint density at radius 3 is 2.52 bits per heavy atom. The summed E-state index contributed by atoms with van der Waals surface area (Å²) in [5, 5.41) is 4.08. The van der Waals surface area contributed by atoms with Crippen molar-refractivity contribution in [3.63, 3.8) is 0 Å². The quantitative estimate of drug-likeness (QED) is 0.665. The number of carbonyl (C=O) groups is 3. The van der Waals surface area contributed by atoms with Gasteiger partial charge in [0.05, 0.1) is 23.2 Å². The molecule has 1 N–H and O–H groups in total. The lowest BCUT2D eigenvalue weighted by molar-refractivity contribution is -0.135. The minimum atomic E-state index is -1.19. The van der Waals surface area contributed by atoms with E-state index in [4.69, 9.17) is 23.2 Å². The molecule has 2 aromatic carbocycles. The third-order valence-corrected chi connectivity index (χ3v) is 8.11. The van der Waals surface area contributed by atoms with Crippen molar-refractivity contribution in [1.29, 1.82) is 0 Å². The molecular formula is C23H19Cl2N3O3. The van der Waals surface area contributed by atoms with Crippen molar-refractivity contribution in [2.45, 2.75) is 31.3 Å². The van der Waals surface area contributed by atoms with Gasteiger partial charge in [-0.05, 0) is 62.2 Å². The molecule has 3 saturated heterocycles. The molecule has 6 nitrogen and oxygen atoms in total. The SMILES string of the molecule is Cc1c(Cl)ccc2c1NC(=O)[C@]21[C@@H]2C(=O)N(c3ccc(Cl)cc3)C(=O)[C@@H]2[C@@H]2CCCN21. The molecule has 6 rings (SSSR count). The molecule has 0 saturated carbocycles. The second-order valence-electron chi connectivity index (χ2n) is 8.71. The monoisotopic (exact) mass is 455 g/mol. The van der Waals surface area contributed by atoms with Gasteiger partial charge in [0.25, 0.3) is 0 Å². The molecule has 158 valence electrons. The van der Waals surface area contributed by atoms with E-state index in [1.807, 2.05) is 13.0 Å². The van der Waals surface area contributed by atoms with E-state index >= 15 is 0 Å². The highest BCUT2D eigenvalue weighted by atomic mass is 35.5. The first-order valence-electron chi connectivity index (χ1n) is 10.4. The summed E-state index contributed by atoms with van der Waals surface area (Å²) in [6.45, 7) is 2.53. The average Bonchev–Trinajstić information content (AvgIpc) is 3.45. The Hall–Kier alpha value is -2.41. The van der Waals surface area contributed by atoms with Gasteiger partial charge in [0, 0.05) is 21.7 Å². The van der Waals surface area contributed by atoms with Crippen LogP contribution in [0.15, 0.2) is 36.4 Å². The number of imide groups is 1. The van der Waals surface area contributed by atoms with Crippen molar-refractivity contribution in [2.24, 2.45) is 11.8 Å². The number of nitrogens with zero attached hydrogens (tertiary/aromatic N) is 2. The third kappa shape index (κ3) is 2.20. The van der Waals surface area contributed by atoms with Gasteiger partial charge in [-0.2, -0.15) is 0 Å². The van der Waals surface area contributed by atoms with Crippen LogP contribution in [0.2, 0.25) is 10.0 Å². The van der Waals surface area contributed by atoms with Crippen molar-refractivity contribution < 1.29 is 14.4 Å². The van der Waals surface area contributed by atoms with Crippen LogP contribution in [-0.4, -0.2) is 35.2 Å². The predicted octanol–water partition coefficient (Wildman–Crippen LogP) is 3.73. The number of benzene rings is 2. The highest BCUT2D eigenvalue weighted by molar-refractivity contribution is 6.32.